The summed E-state index contributed by atoms with van der Waals surface area (Å²) in [5.74, 6) is -1.32. The highest BCUT2D eigenvalue weighted by Crippen LogP contribution is 2.34. The lowest BCUT2D eigenvalue weighted by Crippen LogP contribution is -2.45. The number of sulfone groups is 1. The van der Waals surface area contributed by atoms with Gasteiger partial charge in [-0.1, -0.05) is 55.8 Å². The molecule has 0 fully saturated rings. The number of hydrogen-bond donors (Lipinski definition) is 1. The van der Waals surface area contributed by atoms with Gasteiger partial charge in [0, 0.05) is 0 Å². The first-order valence-corrected chi connectivity index (χ1v) is 9.39. The second kappa shape index (κ2) is 7.79. The fourth-order valence-corrected chi connectivity index (χ4v) is 4.23. The summed E-state index contributed by atoms with van der Waals surface area (Å²) in [4.78, 5) is 12.2. The molecular weight excluding hydrogens is 324 g/mol. The lowest BCUT2D eigenvalue weighted by Gasteiger charge is -2.26. The van der Waals surface area contributed by atoms with Crippen LogP contribution in [0, 0.1) is 12.8 Å². The van der Waals surface area contributed by atoms with Gasteiger partial charge in [-0.3, -0.25) is 4.79 Å². The van der Waals surface area contributed by atoms with E-state index in [9.17, 15) is 18.3 Å². The molecule has 0 aliphatic heterocycles. The molecule has 0 amide bonds. The van der Waals surface area contributed by atoms with Crippen LogP contribution in [0.15, 0.2) is 53.0 Å². The Labute approximate surface area is 144 Å². The van der Waals surface area contributed by atoms with E-state index in [1.54, 1.807) is 37.3 Å². The van der Waals surface area contributed by atoms with Crippen molar-refractivity contribution in [1.82, 2.24) is 0 Å². The summed E-state index contributed by atoms with van der Waals surface area (Å²) in [5, 5.41) is 9.88. The number of hydrogen-bond acceptors (Lipinski definition) is 3. The van der Waals surface area contributed by atoms with E-state index in [0.717, 1.165) is 5.57 Å². The van der Waals surface area contributed by atoms with Gasteiger partial charge in [-0.05, 0) is 44.7 Å². The molecule has 0 radical (unpaired) electrons. The van der Waals surface area contributed by atoms with E-state index in [4.69, 9.17) is 0 Å². The van der Waals surface area contributed by atoms with Crippen molar-refractivity contribution in [2.45, 2.75) is 50.7 Å². The highest BCUT2D eigenvalue weighted by molar-refractivity contribution is 7.93. The van der Waals surface area contributed by atoms with E-state index in [1.165, 1.54) is 12.1 Å². The van der Waals surface area contributed by atoms with Crippen LogP contribution in [0.25, 0.3) is 0 Å². The lowest BCUT2D eigenvalue weighted by atomic mass is 10.0. The molecule has 1 atom stereocenters. The van der Waals surface area contributed by atoms with Gasteiger partial charge in [0.1, 0.15) is 0 Å². The average Bonchev–Trinajstić information content (AvgIpc) is 2.46. The highest BCUT2D eigenvalue weighted by Gasteiger charge is 2.49. The Morgan fingerprint density at radius 3 is 2.29 bits per heavy atom. The molecule has 0 saturated carbocycles. The van der Waals surface area contributed by atoms with Crippen LogP contribution >= 0.6 is 0 Å². The number of carboxylic acids is 1. The fraction of sp³-hybridized carbons (Fsp3) is 0.421. The highest BCUT2D eigenvalue weighted by atomic mass is 32.2. The van der Waals surface area contributed by atoms with Crippen LogP contribution < -0.4 is 0 Å². The standard InChI is InChI=1S/C19H26O4S/c1-14(2)10-12-19(18(20)21,13-11-15(3)4)24(22,23)17-9-7-6-8-16(17)5/h6-12,14H,13H2,1-5H3,(H,20,21). The predicted octanol–water partition coefficient (Wildman–Crippen LogP) is 4.16. The molecule has 0 aromatic heterocycles. The molecule has 0 saturated heterocycles. The zero-order valence-electron chi connectivity index (χ0n) is 14.9. The second-order valence-electron chi connectivity index (χ2n) is 6.55. The van der Waals surface area contributed by atoms with E-state index in [-0.39, 0.29) is 17.2 Å². The Balaban J connectivity index is 3.70. The molecule has 0 aliphatic rings. The third kappa shape index (κ3) is 4.15. The van der Waals surface area contributed by atoms with Crippen LogP contribution in [0.4, 0.5) is 0 Å². The first-order chi connectivity index (χ1) is 11.0. The van der Waals surface area contributed by atoms with Crippen molar-refractivity contribution in [1.29, 1.82) is 0 Å². The molecule has 1 N–H and O–H groups in total. The minimum absolute atomic E-state index is 0.0440. The fourth-order valence-electron chi connectivity index (χ4n) is 2.30. The topological polar surface area (TPSA) is 71.4 Å². The maximum atomic E-state index is 13.3. The SMILES string of the molecule is CC(C)=CCC(C=CC(C)C)(C(=O)O)S(=O)(=O)c1ccccc1C. The summed E-state index contributed by atoms with van der Waals surface area (Å²) in [7, 11) is -4.11. The quantitative estimate of drug-likeness (QED) is 0.750. The van der Waals surface area contributed by atoms with Crippen LogP contribution in [-0.4, -0.2) is 24.2 Å². The summed E-state index contributed by atoms with van der Waals surface area (Å²) in [6, 6.07) is 6.48. The number of aryl methyl sites for hydroxylation is 1. The molecule has 1 aromatic carbocycles. The average molecular weight is 350 g/mol. The van der Waals surface area contributed by atoms with Gasteiger partial charge in [-0.25, -0.2) is 8.42 Å². The van der Waals surface area contributed by atoms with Crippen LogP contribution in [0.1, 0.15) is 39.7 Å². The molecule has 0 heterocycles. The maximum absolute atomic E-state index is 13.3. The maximum Gasteiger partial charge on any atom is 0.329 e. The van der Waals surface area contributed by atoms with Crippen LogP contribution in [0.3, 0.4) is 0 Å². The second-order valence-corrected chi connectivity index (χ2v) is 8.73. The van der Waals surface area contributed by atoms with E-state index in [1.807, 2.05) is 27.7 Å². The third-order valence-electron chi connectivity index (χ3n) is 3.79. The zero-order valence-corrected chi connectivity index (χ0v) is 15.7. The number of allylic oxidation sites excluding steroid dienone is 3. The van der Waals surface area contributed by atoms with Gasteiger partial charge >= 0.3 is 5.97 Å². The molecule has 4 nitrogen and oxygen atoms in total. The predicted molar refractivity (Wildman–Crippen MR) is 96.8 cm³/mol. The van der Waals surface area contributed by atoms with Crippen molar-refractivity contribution in [2.24, 2.45) is 5.92 Å². The monoisotopic (exact) mass is 350 g/mol. The van der Waals surface area contributed by atoms with Gasteiger partial charge in [-0.2, -0.15) is 0 Å². The van der Waals surface area contributed by atoms with E-state index in [2.05, 4.69) is 0 Å². The smallest absolute Gasteiger partial charge is 0.329 e. The summed E-state index contributed by atoms with van der Waals surface area (Å²) < 4.78 is 24.5. The molecule has 0 bridgehead atoms. The number of rotatable bonds is 7. The van der Waals surface area contributed by atoms with Crippen molar-refractivity contribution in [3.63, 3.8) is 0 Å². The molecule has 1 rings (SSSR count). The van der Waals surface area contributed by atoms with E-state index >= 15 is 0 Å². The molecule has 0 spiro atoms. The Bertz CT molecular complexity index is 753. The summed E-state index contributed by atoms with van der Waals surface area (Å²) >= 11 is 0. The Morgan fingerprint density at radius 1 is 1.25 bits per heavy atom. The molecule has 0 aliphatic carbocycles. The van der Waals surface area contributed by atoms with Crippen LogP contribution in [0.5, 0.6) is 0 Å². The van der Waals surface area contributed by atoms with Crippen LogP contribution in [-0.2, 0) is 14.6 Å². The van der Waals surface area contributed by atoms with Gasteiger partial charge in [0.05, 0.1) is 4.90 Å². The summed E-state index contributed by atoms with van der Waals surface area (Å²) in [6.07, 6.45) is 4.53. The van der Waals surface area contributed by atoms with E-state index < -0.39 is 20.6 Å². The number of benzene rings is 1. The van der Waals surface area contributed by atoms with Gasteiger partial charge in [-0.15, -0.1) is 0 Å². The van der Waals surface area contributed by atoms with Crippen molar-refractivity contribution in [3.8, 4) is 0 Å². The van der Waals surface area contributed by atoms with Crippen molar-refractivity contribution in [3.05, 3.63) is 53.6 Å². The normalized spacial score (nSPS) is 14.6. The molecule has 1 aromatic rings. The summed E-state index contributed by atoms with van der Waals surface area (Å²) in [5.41, 5.74) is 1.41. The Hall–Kier alpha value is -1.88. The first-order valence-electron chi connectivity index (χ1n) is 7.91. The largest absolute Gasteiger partial charge is 0.480 e. The van der Waals surface area contributed by atoms with Crippen molar-refractivity contribution >= 4 is 15.8 Å². The Kier molecular flexibility index (Phi) is 6.55. The molecule has 1 unspecified atom stereocenters. The number of carbonyl (C=O) groups is 1. The van der Waals surface area contributed by atoms with Crippen molar-refractivity contribution < 1.29 is 18.3 Å². The number of carboxylic acid groups (broad SMARTS) is 1. The van der Waals surface area contributed by atoms with Gasteiger partial charge in [0.2, 0.25) is 0 Å². The molecule has 24 heavy (non-hydrogen) atoms. The first kappa shape index (κ1) is 20.2. The zero-order chi connectivity index (χ0) is 18.5. The van der Waals surface area contributed by atoms with Crippen molar-refractivity contribution in [2.75, 3.05) is 0 Å². The summed E-state index contributed by atoms with van der Waals surface area (Å²) in [6.45, 7) is 9.07. The van der Waals surface area contributed by atoms with E-state index in [0.29, 0.717) is 5.56 Å². The minimum atomic E-state index is -4.11. The van der Waals surface area contributed by atoms with Gasteiger partial charge < -0.3 is 5.11 Å². The Morgan fingerprint density at radius 2 is 1.83 bits per heavy atom. The third-order valence-corrected chi connectivity index (χ3v) is 6.26. The molecule has 5 heteroatoms. The minimum Gasteiger partial charge on any atom is -0.480 e. The molecule has 132 valence electrons. The van der Waals surface area contributed by atoms with Gasteiger partial charge in [0.25, 0.3) is 0 Å². The number of aliphatic carboxylic acids is 1. The van der Waals surface area contributed by atoms with Crippen LogP contribution in [0.2, 0.25) is 0 Å². The lowest BCUT2D eigenvalue weighted by molar-refractivity contribution is -0.138. The van der Waals surface area contributed by atoms with Gasteiger partial charge in [0.15, 0.2) is 14.6 Å². The molecular formula is C19H26O4S.